The van der Waals surface area contributed by atoms with Crippen LogP contribution >= 0.6 is 0 Å². The molecule has 1 atom stereocenters. The largest absolute Gasteiger partial charge is 0.367 e. The Kier molecular flexibility index (Phi) is 4.61. The van der Waals surface area contributed by atoms with E-state index in [0.717, 1.165) is 25.2 Å². The van der Waals surface area contributed by atoms with E-state index in [-0.39, 0.29) is 17.7 Å². The number of hydrogen-bond donors (Lipinski definition) is 2. The summed E-state index contributed by atoms with van der Waals surface area (Å²) in [6.45, 7) is 2.35. The van der Waals surface area contributed by atoms with Crippen molar-refractivity contribution in [2.45, 2.75) is 25.8 Å². The van der Waals surface area contributed by atoms with Crippen LogP contribution in [0.15, 0.2) is 48.5 Å². The smallest absolute Gasteiger partial charge is 0.229 e. The zero-order valence-corrected chi connectivity index (χ0v) is 14.7. The van der Waals surface area contributed by atoms with Crippen LogP contribution in [0.5, 0.6) is 0 Å². The fraction of sp³-hybridized carbons (Fsp3) is 0.333. The van der Waals surface area contributed by atoms with Gasteiger partial charge in [0.15, 0.2) is 0 Å². The lowest BCUT2D eigenvalue weighted by atomic mass is 9.98. The Morgan fingerprint density at radius 1 is 1.12 bits per heavy atom. The molecule has 0 aromatic heterocycles. The van der Waals surface area contributed by atoms with Crippen molar-refractivity contribution in [2.75, 3.05) is 23.3 Å². The lowest BCUT2D eigenvalue weighted by Crippen LogP contribution is -2.40. The van der Waals surface area contributed by atoms with Crippen LogP contribution in [0.3, 0.4) is 0 Å². The molecular formula is C21H23N3O2. The van der Waals surface area contributed by atoms with Gasteiger partial charge >= 0.3 is 0 Å². The second-order valence-corrected chi connectivity index (χ2v) is 7.03. The second-order valence-electron chi connectivity index (χ2n) is 7.03. The van der Waals surface area contributed by atoms with Crippen LogP contribution < -0.4 is 15.5 Å². The van der Waals surface area contributed by atoms with Crippen molar-refractivity contribution in [1.82, 2.24) is 5.32 Å². The highest BCUT2D eigenvalue weighted by Crippen LogP contribution is 2.29. The van der Waals surface area contributed by atoms with Gasteiger partial charge in [-0.15, -0.1) is 0 Å². The molecule has 2 aliphatic heterocycles. The minimum atomic E-state index is -0.145. The van der Waals surface area contributed by atoms with Crippen LogP contribution in [0.25, 0.3) is 0 Å². The molecule has 2 heterocycles. The number of rotatable bonds is 4. The minimum Gasteiger partial charge on any atom is -0.367 e. The van der Waals surface area contributed by atoms with Crippen molar-refractivity contribution in [1.29, 1.82) is 0 Å². The standard InChI is InChI=1S/C21H23N3O2/c25-20-10-7-17(13-22-20)21(26)23-18-8-5-15(6-9-18)14-24-12-11-16-3-1-2-4-19(16)24/h1-6,8-9,17H,7,10-14H2,(H,22,25)(H,23,26)/t17-/m0/s1. The highest BCUT2D eigenvalue weighted by molar-refractivity contribution is 5.94. The van der Waals surface area contributed by atoms with Gasteiger partial charge in [-0.25, -0.2) is 0 Å². The summed E-state index contributed by atoms with van der Waals surface area (Å²) in [5, 5.41) is 5.71. The van der Waals surface area contributed by atoms with Gasteiger partial charge in [0.2, 0.25) is 11.8 Å². The van der Waals surface area contributed by atoms with E-state index in [2.05, 4.69) is 51.9 Å². The first-order chi connectivity index (χ1) is 12.7. The van der Waals surface area contributed by atoms with Crippen LogP contribution in [-0.2, 0) is 22.6 Å². The SMILES string of the molecule is O=C1CC[C@H](C(=O)Nc2ccc(CN3CCc4ccccc43)cc2)CN1. The Morgan fingerprint density at radius 3 is 2.69 bits per heavy atom. The highest BCUT2D eigenvalue weighted by Gasteiger charge is 2.24. The molecule has 5 heteroatoms. The lowest BCUT2D eigenvalue weighted by molar-refractivity contribution is -0.126. The van der Waals surface area contributed by atoms with Crippen LogP contribution in [0, 0.1) is 5.92 Å². The molecule has 1 saturated heterocycles. The first kappa shape index (κ1) is 16.6. The number of piperidine rings is 1. The monoisotopic (exact) mass is 349 g/mol. The fourth-order valence-electron chi connectivity index (χ4n) is 3.69. The van der Waals surface area contributed by atoms with Crippen LogP contribution in [-0.4, -0.2) is 24.9 Å². The van der Waals surface area contributed by atoms with E-state index >= 15 is 0 Å². The highest BCUT2D eigenvalue weighted by atomic mass is 16.2. The Balaban J connectivity index is 1.35. The number of nitrogens with one attached hydrogen (secondary N) is 2. The molecule has 0 aliphatic carbocycles. The van der Waals surface area contributed by atoms with Crippen LogP contribution in [0.1, 0.15) is 24.0 Å². The predicted molar refractivity (Wildman–Crippen MR) is 102 cm³/mol. The normalized spacial score (nSPS) is 19.0. The topological polar surface area (TPSA) is 61.4 Å². The third kappa shape index (κ3) is 3.57. The minimum absolute atomic E-state index is 0.0220. The summed E-state index contributed by atoms with van der Waals surface area (Å²) in [7, 11) is 0. The van der Waals surface area contributed by atoms with Crippen LogP contribution in [0.2, 0.25) is 0 Å². The van der Waals surface area contributed by atoms with E-state index in [0.29, 0.717) is 19.4 Å². The summed E-state index contributed by atoms with van der Waals surface area (Å²) in [5.41, 5.74) is 4.77. The molecule has 0 radical (unpaired) electrons. The van der Waals surface area contributed by atoms with Gasteiger partial charge in [0.05, 0.1) is 5.92 Å². The van der Waals surface area contributed by atoms with Gasteiger partial charge in [-0.1, -0.05) is 30.3 Å². The summed E-state index contributed by atoms with van der Waals surface area (Å²) < 4.78 is 0. The van der Waals surface area contributed by atoms with Gasteiger partial charge in [0.25, 0.3) is 0 Å². The van der Waals surface area contributed by atoms with Gasteiger partial charge in [0, 0.05) is 37.4 Å². The molecule has 4 rings (SSSR count). The summed E-state index contributed by atoms with van der Waals surface area (Å²) in [4.78, 5) is 25.9. The van der Waals surface area contributed by atoms with E-state index in [4.69, 9.17) is 0 Å². The Hall–Kier alpha value is -2.82. The maximum Gasteiger partial charge on any atom is 0.229 e. The quantitative estimate of drug-likeness (QED) is 0.892. The predicted octanol–water partition coefficient (Wildman–Crippen LogP) is 2.71. The fourth-order valence-corrected chi connectivity index (χ4v) is 3.69. The molecule has 5 nitrogen and oxygen atoms in total. The Morgan fingerprint density at radius 2 is 1.92 bits per heavy atom. The number of fused-ring (bicyclic) bond motifs is 1. The number of amides is 2. The van der Waals surface area contributed by atoms with Crippen molar-refractivity contribution < 1.29 is 9.59 Å². The molecule has 26 heavy (non-hydrogen) atoms. The molecule has 2 aliphatic rings. The summed E-state index contributed by atoms with van der Waals surface area (Å²) in [6, 6.07) is 16.6. The third-order valence-electron chi connectivity index (χ3n) is 5.21. The van der Waals surface area contributed by atoms with Gasteiger partial charge in [0.1, 0.15) is 0 Å². The number of anilines is 2. The van der Waals surface area contributed by atoms with E-state index in [1.54, 1.807) is 0 Å². The van der Waals surface area contributed by atoms with Gasteiger partial charge < -0.3 is 15.5 Å². The van der Waals surface area contributed by atoms with Crippen molar-refractivity contribution in [3.8, 4) is 0 Å². The van der Waals surface area contributed by atoms with Crippen molar-refractivity contribution in [3.05, 3.63) is 59.7 Å². The van der Waals surface area contributed by atoms with Gasteiger partial charge in [-0.2, -0.15) is 0 Å². The average molecular weight is 349 g/mol. The molecule has 2 N–H and O–H groups in total. The number of carbonyl (C=O) groups is 2. The molecule has 2 aromatic carbocycles. The molecular weight excluding hydrogens is 326 g/mol. The molecule has 0 spiro atoms. The molecule has 0 saturated carbocycles. The summed E-state index contributed by atoms with van der Waals surface area (Å²) >= 11 is 0. The number of benzene rings is 2. The number of para-hydroxylation sites is 1. The maximum atomic E-state index is 12.3. The van der Waals surface area contributed by atoms with E-state index in [9.17, 15) is 9.59 Å². The van der Waals surface area contributed by atoms with Gasteiger partial charge in [-0.05, 0) is 42.2 Å². The first-order valence-electron chi connectivity index (χ1n) is 9.18. The molecule has 1 fully saturated rings. The zero-order chi connectivity index (χ0) is 17.9. The van der Waals surface area contributed by atoms with Crippen LogP contribution in [0.4, 0.5) is 11.4 Å². The summed E-state index contributed by atoms with van der Waals surface area (Å²) in [6.07, 6.45) is 2.14. The lowest BCUT2D eigenvalue weighted by Gasteiger charge is -2.22. The molecule has 0 bridgehead atoms. The van der Waals surface area contributed by atoms with Crippen molar-refractivity contribution in [3.63, 3.8) is 0 Å². The second kappa shape index (κ2) is 7.20. The third-order valence-corrected chi connectivity index (χ3v) is 5.21. The van der Waals surface area contributed by atoms with Crippen molar-refractivity contribution >= 4 is 23.2 Å². The molecule has 2 aromatic rings. The van der Waals surface area contributed by atoms with Gasteiger partial charge in [-0.3, -0.25) is 9.59 Å². The number of nitrogens with zero attached hydrogens (tertiary/aromatic N) is 1. The Bertz CT molecular complexity index is 806. The molecule has 0 unspecified atom stereocenters. The first-order valence-corrected chi connectivity index (χ1v) is 9.18. The zero-order valence-electron chi connectivity index (χ0n) is 14.7. The number of carbonyl (C=O) groups excluding carboxylic acids is 2. The summed E-state index contributed by atoms with van der Waals surface area (Å²) in [5.74, 6) is -0.137. The molecule has 134 valence electrons. The Labute approximate surface area is 153 Å². The van der Waals surface area contributed by atoms with E-state index in [1.807, 2.05) is 12.1 Å². The van der Waals surface area contributed by atoms with Crippen molar-refractivity contribution in [2.24, 2.45) is 5.92 Å². The molecule has 2 amide bonds. The van der Waals surface area contributed by atoms with E-state index < -0.39 is 0 Å². The average Bonchev–Trinajstić information content (AvgIpc) is 3.07. The maximum absolute atomic E-state index is 12.3. The van der Waals surface area contributed by atoms with E-state index in [1.165, 1.54) is 16.8 Å². The number of hydrogen-bond acceptors (Lipinski definition) is 3.